The maximum atomic E-state index is 11.2. The monoisotopic (exact) mass is 635 g/mol. The summed E-state index contributed by atoms with van der Waals surface area (Å²) >= 11 is 0. The number of ketones is 2. The van der Waals surface area contributed by atoms with Crippen LogP contribution in [0.3, 0.4) is 0 Å². The van der Waals surface area contributed by atoms with Crippen LogP contribution in [0.15, 0.2) is 60.8 Å². The van der Waals surface area contributed by atoms with E-state index in [0.29, 0.717) is 24.0 Å². The standard InChI is InChI=1S/C14H19N.C10H13N.C9H16O.C4H8O.C2H4O.C2H6/c1-11-7-5-6-10-13(11)14(15)12-8-3-2-4-9-12;1-8-4-3-5-10(6-8)7-9(2)11;1-2-9(10)8-6-4-3-5-7-8;1-3-4(2)5;1-2-3;1-2/h5-7,10,12,15H,2-4,8-9H2,1H3;3-6H,2,7,11H2,1H3;8H,2-7H2,1H3;3H2,1-2H3;2H,1H3;1-2H3. The first-order valence-electron chi connectivity index (χ1n) is 17.6. The zero-order valence-corrected chi connectivity index (χ0v) is 30.6. The summed E-state index contributed by atoms with van der Waals surface area (Å²) in [7, 11) is 0. The van der Waals surface area contributed by atoms with Crippen molar-refractivity contribution in [1.29, 1.82) is 5.41 Å². The number of hydrogen-bond donors (Lipinski definition) is 2. The summed E-state index contributed by atoms with van der Waals surface area (Å²) < 4.78 is 0. The first kappa shape index (κ1) is 44.8. The first-order chi connectivity index (χ1) is 22.0. The highest BCUT2D eigenvalue weighted by molar-refractivity contribution is 6.01. The highest BCUT2D eigenvalue weighted by Crippen LogP contribution is 2.28. The number of hydrogen-bond acceptors (Lipinski definition) is 5. The summed E-state index contributed by atoms with van der Waals surface area (Å²) in [5.74, 6) is 1.68. The van der Waals surface area contributed by atoms with Gasteiger partial charge in [-0.05, 0) is 70.1 Å². The Kier molecular flexibility index (Phi) is 28.3. The molecule has 0 bridgehead atoms. The molecule has 258 valence electrons. The predicted molar refractivity (Wildman–Crippen MR) is 199 cm³/mol. The van der Waals surface area contributed by atoms with Crippen LogP contribution in [-0.4, -0.2) is 23.6 Å². The van der Waals surface area contributed by atoms with Crippen LogP contribution < -0.4 is 5.73 Å². The van der Waals surface area contributed by atoms with E-state index >= 15 is 0 Å². The minimum atomic E-state index is 0.255. The van der Waals surface area contributed by atoms with Gasteiger partial charge < -0.3 is 20.7 Å². The van der Waals surface area contributed by atoms with E-state index in [9.17, 15) is 9.59 Å². The quantitative estimate of drug-likeness (QED) is 0.234. The number of aldehydes is 1. The summed E-state index contributed by atoms with van der Waals surface area (Å²) in [5.41, 5.74) is 12.0. The SMILES string of the molecule is C=C(N)Cc1cccc(C)c1.CC.CC=O.CCC(=O)C1CCCCC1.CCC(C)=O.Cc1ccccc1C(=N)C1CCCCC1. The molecule has 0 unspecified atom stereocenters. The second-order valence-electron chi connectivity index (χ2n) is 11.8. The van der Waals surface area contributed by atoms with Crippen LogP contribution in [0.1, 0.15) is 141 Å². The van der Waals surface area contributed by atoms with Crippen molar-refractivity contribution in [2.45, 2.75) is 139 Å². The number of nitrogens with two attached hydrogens (primary N) is 1. The van der Waals surface area contributed by atoms with Crippen molar-refractivity contribution in [2.75, 3.05) is 0 Å². The Labute approximate surface area is 282 Å². The third-order valence-electron chi connectivity index (χ3n) is 7.87. The lowest BCUT2D eigenvalue weighted by atomic mass is 9.82. The average Bonchev–Trinajstić information content (AvgIpc) is 3.07. The van der Waals surface area contributed by atoms with Gasteiger partial charge >= 0.3 is 0 Å². The molecular formula is C41H66N2O3. The van der Waals surface area contributed by atoms with Gasteiger partial charge in [-0.1, -0.05) is 127 Å². The number of allylic oxidation sites excluding steroid dienone is 1. The van der Waals surface area contributed by atoms with Crippen molar-refractivity contribution >= 4 is 23.6 Å². The second-order valence-corrected chi connectivity index (χ2v) is 11.8. The predicted octanol–water partition coefficient (Wildman–Crippen LogP) is 10.7. The van der Waals surface area contributed by atoms with Crippen LogP contribution in [0, 0.1) is 31.1 Å². The van der Waals surface area contributed by atoms with Gasteiger partial charge in [0.25, 0.3) is 0 Å². The second kappa shape index (κ2) is 29.1. The molecule has 0 spiro atoms. The van der Waals surface area contributed by atoms with Crippen molar-refractivity contribution in [3.63, 3.8) is 0 Å². The van der Waals surface area contributed by atoms with E-state index in [-0.39, 0.29) is 5.78 Å². The van der Waals surface area contributed by atoms with Gasteiger partial charge in [0.15, 0.2) is 0 Å². The van der Waals surface area contributed by atoms with E-state index in [0.717, 1.165) is 48.9 Å². The highest BCUT2D eigenvalue weighted by Gasteiger charge is 2.20. The smallest absolute Gasteiger partial charge is 0.135 e. The van der Waals surface area contributed by atoms with Gasteiger partial charge in [0.1, 0.15) is 17.9 Å². The van der Waals surface area contributed by atoms with Crippen LogP contribution >= 0.6 is 0 Å². The van der Waals surface area contributed by atoms with Crippen molar-refractivity contribution < 1.29 is 14.4 Å². The molecule has 2 saturated carbocycles. The summed E-state index contributed by atoms with van der Waals surface area (Å²) in [6, 6.07) is 16.6. The molecule has 4 rings (SSSR count). The molecule has 0 heterocycles. The molecule has 3 N–H and O–H groups in total. The van der Waals surface area contributed by atoms with Crippen LogP contribution in [0.25, 0.3) is 0 Å². The highest BCUT2D eigenvalue weighted by atomic mass is 16.1. The van der Waals surface area contributed by atoms with Gasteiger partial charge in [-0.3, -0.25) is 4.79 Å². The number of Topliss-reactive ketones (excluding diaryl/α,β-unsaturated/α-hetero) is 2. The largest absolute Gasteiger partial charge is 0.402 e. The fourth-order valence-corrected chi connectivity index (χ4v) is 5.28. The Morgan fingerprint density at radius 2 is 1.33 bits per heavy atom. The van der Waals surface area contributed by atoms with Crippen LogP contribution in [0.5, 0.6) is 0 Å². The number of rotatable bonds is 7. The fourth-order valence-electron chi connectivity index (χ4n) is 5.28. The van der Waals surface area contributed by atoms with Crippen molar-refractivity contribution in [2.24, 2.45) is 17.6 Å². The number of carbonyl (C=O) groups excluding carboxylic acids is 3. The van der Waals surface area contributed by atoms with E-state index in [1.165, 1.54) is 75.0 Å². The number of nitrogens with one attached hydrogen (secondary N) is 1. The van der Waals surface area contributed by atoms with Crippen LogP contribution in [0.2, 0.25) is 0 Å². The molecule has 0 aliphatic heterocycles. The van der Waals surface area contributed by atoms with Gasteiger partial charge in [0, 0.05) is 42.5 Å². The first-order valence-corrected chi connectivity index (χ1v) is 17.6. The van der Waals surface area contributed by atoms with Crippen molar-refractivity contribution in [3.8, 4) is 0 Å². The molecule has 0 aromatic heterocycles. The zero-order chi connectivity index (χ0) is 35.3. The van der Waals surface area contributed by atoms with Crippen molar-refractivity contribution in [1.82, 2.24) is 0 Å². The Morgan fingerprint density at radius 3 is 1.74 bits per heavy atom. The molecule has 5 heteroatoms. The normalized spacial score (nSPS) is 13.8. The Bertz CT molecular complexity index is 1130. The summed E-state index contributed by atoms with van der Waals surface area (Å²) in [5, 5.41) is 8.26. The molecule has 0 radical (unpaired) electrons. The van der Waals surface area contributed by atoms with E-state index in [2.05, 4.69) is 50.8 Å². The molecule has 2 fully saturated rings. The maximum absolute atomic E-state index is 11.2. The minimum absolute atomic E-state index is 0.255. The third kappa shape index (κ3) is 22.2. The molecule has 0 saturated heterocycles. The molecule has 0 atom stereocenters. The van der Waals surface area contributed by atoms with Crippen LogP contribution in [-0.2, 0) is 20.8 Å². The molecule has 0 amide bonds. The maximum Gasteiger partial charge on any atom is 0.135 e. The molecule has 5 nitrogen and oxygen atoms in total. The lowest BCUT2D eigenvalue weighted by molar-refractivity contribution is -0.123. The number of carbonyl (C=O) groups is 3. The average molecular weight is 635 g/mol. The van der Waals surface area contributed by atoms with Gasteiger partial charge in [-0.25, -0.2) is 0 Å². The number of benzene rings is 2. The Hall–Kier alpha value is -3.34. The molecule has 2 aromatic carbocycles. The minimum Gasteiger partial charge on any atom is -0.402 e. The third-order valence-corrected chi connectivity index (χ3v) is 7.87. The van der Waals surface area contributed by atoms with E-state index in [1.54, 1.807) is 6.92 Å². The lowest BCUT2D eigenvalue weighted by Crippen LogP contribution is -2.18. The Balaban J connectivity index is 0. The lowest BCUT2D eigenvalue weighted by Gasteiger charge is -2.23. The number of aryl methyl sites for hydroxylation is 2. The topological polar surface area (TPSA) is 101 Å². The molecule has 2 aliphatic rings. The Morgan fingerprint density at radius 1 is 0.848 bits per heavy atom. The van der Waals surface area contributed by atoms with Gasteiger partial charge in [-0.2, -0.15) is 0 Å². The van der Waals surface area contributed by atoms with E-state index < -0.39 is 0 Å². The summed E-state index contributed by atoms with van der Waals surface area (Å²) in [6.07, 6.45) is 15.5. The molecule has 46 heavy (non-hydrogen) atoms. The fraction of sp³-hybridized carbons (Fsp3) is 0.561. The summed E-state index contributed by atoms with van der Waals surface area (Å²) in [4.78, 5) is 29.8. The zero-order valence-electron chi connectivity index (χ0n) is 30.6. The van der Waals surface area contributed by atoms with Gasteiger partial charge in [-0.15, -0.1) is 0 Å². The van der Waals surface area contributed by atoms with Gasteiger partial charge in [0.2, 0.25) is 0 Å². The molecule has 2 aliphatic carbocycles. The molecule has 2 aromatic rings. The van der Waals surface area contributed by atoms with E-state index in [4.69, 9.17) is 15.9 Å². The van der Waals surface area contributed by atoms with Crippen molar-refractivity contribution in [3.05, 3.63) is 83.1 Å². The van der Waals surface area contributed by atoms with E-state index in [1.807, 2.05) is 45.9 Å². The summed E-state index contributed by atoms with van der Waals surface area (Å²) in [6.45, 7) is 18.7. The van der Waals surface area contributed by atoms with Gasteiger partial charge in [0.05, 0.1) is 0 Å². The molecular weight excluding hydrogens is 568 g/mol. The van der Waals surface area contributed by atoms with Crippen LogP contribution in [0.4, 0.5) is 0 Å².